The van der Waals surface area contributed by atoms with E-state index in [4.69, 9.17) is 9.47 Å². The van der Waals surface area contributed by atoms with Crippen LogP contribution in [-0.2, 0) is 0 Å². The average Bonchev–Trinajstić information content (AvgIpc) is 3.48. The fourth-order valence-corrected chi connectivity index (χ4v) is 5.10. The maximum Gasteiger partial charge on any atom is 0.276 e. The van der Waals surface area contributed by atoms with E-state index in [0.29, 0.717) is 22.3 Å². The molecule has 0 bridgehead atoms. The van der Waals surface area contributed by atoms with Gasteiger partial charge in [0.2, 0.25) is 0 Å². The van der Waals surface area contributed by atoms with Gasteiger partial charge in [-0.2, -0.15) is 11.3 Å². The number of aryl methyl sites for hydroxylation is 1. The molecule has 0 aliphatic heterocycles. The number of thiophene rings is 1. The fourth-order valence-electron chi connectivity index (χ4n) is 2.76. The van der Waals surface area contributed by atoms with Gasteiger partial charge >= 0.3 is 0 Å². The summed E-state index contributed by atoms with van der Waals surface area (Å²) in [5.74, 6) is 1.02. The van der Waals surface area contributed by atoms with Crippen molar-refractivity contribution in [3.63, 3.8) is 0 Å². The number of anilines is 1. The van der Waals surface area contributed by atoms with E-state index in [1.54, 1.807) is 30.9 Å². The Morgan fingerprint density at radius 2 is 1.86 bits per heavy atom. The SMILES string of the molecule is COc1ccc(-c2nc(NC(=O)c3csc(-c4ccsc4)n3)sc2C)cc1OC. The number of benzene rings is 1. The zero-order valence-electron chi connectivity index (χ0n) is 15.9. The number of hydrogen-bond donors (Lipinski definition) is 1. The van der Waals surface area contributed by atoms with Crippen LogP contribution in [0.3, 0.4) is 0 Å². The maximum atomic E-state index is 12.6. The summed E-state index contributed by atoms with van der Waals surface area (Å²) < 4.78 is 10.7. The number of amides is 1. The molecule has 0 atom stereocenters. The smallest absolute Gasteiger partial charge is 0.276 e. The number of thiazole rings is 2. The van der Waals surface area contributed by atoms with Gasteiger partial charge in [-0.3, -0.25) is 10.1 Å². The number of carbonyl (C=O) groups is 1. The zero-order valence-corrected chi connectivity index (χ0v) is 18.3. The summed E-state index contributed by atoms with van der Waals surface area (Å²) in [5.41, 5.74) is 3.10. The minimum atomic E-state index is -0.268. The molecule has 0 fully saturated rings. The number of nitrogens with one attached hydrogen (secondary N) is 1. The largest absolute Gasteiger partial charge is 0.493 e. The van der Waals surface area contributed by atoms with Crippen LogP contribution in [0, 0.1) is 6.92 Å². The zero-order chi connectivity index (χ0) is 20.4. The molecule has 6 nitrogen and oxygen atoms in total. The van der Waals surface area contributed by atoms with Crippen molar-refractivity contribution in [1.82, 2.24) is 9.97 Å². The lowest BCUT2D eigenvalue weighted by Crippen LogP contribution is -2.12. The van der Waals surface area contributed by atoms with Crippen molar-refractivity contribution < 1.29 is 14.3 Å². The lowest BCUT2D eigenvalue weighted by Gasteiger charge is -2.08. The molecule has 0 saturated carbocycles. The van der Waals surface area contributed by atoms with E-state index in [1.165, 1.54) is 22.7 Å². The highest BCUT2D eigenvalue weighted by molar-refractivity contribution is 7.16. The van der Waals surface area contributed by atoms with Crippen LogP contribution in [0.4, 0.5) is 5.13 Å². The summed E-state index contributed by atoms with van der Waals surface area (Å²) in [6, 6.07) is 7.62. The highest BCUT2D eigenvalue weighted by atomic mass is 32.1. The van der Waals surface area contributed by atoms with Crippen molar-refractivity contribution >= 4 is 45.0 Å². The Balaban J connectivity index is 1.55. The fraction of sp³-hybridized carbons (Fsp3) is 0.150. The summed E-state index contributed by atoms with van der Waals surface area (Å²) in [6.45, 7) is 1.97. The number of rotatable bonds is 6. The topological polar surface area (TPSA) is 73.3 Å². The Morgan fingerprint density at radius 1 is 1.03 bits per heavy atom. The van der Waals surface area contributed by atoms with E-state index in [1.807, 2.05) is 41.9 Å². The molecule has 9 heteroatoms. The van der Waals surface area contributed by atoms with Gasteiger partial charge in [-0.1, -0.05) is 0 Å². The number of nitrogens with zero attached hydrogens (tertiary/aromatic N) is 2. The summed E-state index contributed by atoms with van der Waals surface area (Å²) >= 11 is 4.48. The van der Waals surface area contributed by atoms with E-state index < -0.39 is 0 Å². The molecule has 0 radical (unpaired) electrons. The summed E-state index contributed by atoms with van der Waals surface area (Å²) in [7, 11) is 3.20. The van der Waals surface area contributed by atoms with Crippen LogP contribution in [0.2, 0.25) is 0 Å². The van der Waals surface area contributed by atoms with Gasteiger partial charge in [0.1, 0.15) is 10.7 Å². The predicted octanol–water partition coefficient (Wildman–Crippen LogP) is 5.57. The molecule has 0 unspecified atom stereocenters. The molecule has 0 aliphatic carbocycles. The second-order valence-electron chi connectivity index (χ2n) is 6.00. The van der Waals surface area contributed by atoms with E-state index in [0.717, 1.165) is 26.7 Å². The van der Waals surface area contributed by atoms with Gasteiger partial charge < -0.3 is 9.47 Å². The summed E-state index contributed by atoms with van der Waals surface area (Å²) in [5, 5.41) is 9.99. The number of aromatic nitrogens is 2. The van der Waals surface area contributed by atoms with Gasteiger partial charge in [0.05, 0.1) is 19.9 Å². The second-order valence-corrected chi connectivity index (χ2v) is 8.84. The molecule has 4 aromatic rings. The first-order chi connectivity index (χ1) is 14.1. The molecule has 148 valence electrons. The molecule has 0 aliphatic rings. The Bertz CT molecular complexity index is 1150. The Hall–Kier alpha value is -2.75. The van der Waals surface area contributed by atoms with Crippen molar-refractivity contribution in [2.45, 2.75) is 6.92 Å². The van der Waals surface area contributed by atoms with E-state index in [2.05, 4.69) is 15.3 Å². The van der Waals surface area contributed by atoms with Crippen LogP contribution in [0.1, 0.15) is 15.4 Å². The summed E-state index contributed by atoms with van der Waals surface area (Å²) in [6.07, 6.45) is 0. The maximum absolute atomic E-state index is 12.6. The van der Waals surface area contributed by atoms with Crippen molar-refractivity contribution in [2.24, 2.45) is 0 Å². The molecule has 1 aromatic carbocycles. The number of carbonyl (C=O) groups excluding carboxylic acids is 1. The van der Waals surface area contributed by atoms with Gasteiger partial charge in [0.25, 0.3) is 5.91 Å². The lowest BCUT2D eigenvalue weighted by molar-refractivity contribution is 0.102. The van der Waals surface area contributed by atoms with Crippen LogP contribution in [-0.4, -0.2) is 30.1 Å². The first kappa shape index (κ1) is 19.6. The van der Waals surface area contributed by atoms with E-state index in [-0.39, 0.29) is 5.91 Å². The number of hydrogen-bond acceptors (Lipinski definition) is 8. The minimum absolute atomic E-state index is 0.268. The molecule has 0 saturated heterocycles. The van der Waals surface area contributed by atoms with Gasteiger partial charge in [-0.25, -0.2) is 9.97 Å². The Kier molecular flexibility index (Phi) is 5.61. The van der Waals surface area contributed by atoms with Crippen LogP contribution >= 0.6 is 34.0 Å². The normalized spacial score (nSPS) is 10.7. The third-order valence-electron chi connectivity index (χ3n) is 4.18. The molecule has 0 spiro atoms. The quantitative estimate of drug-likeness (QED) is 0.421. The van der Waals surface area contributed by atoms with Crippen LogP contribution in [0.15, 0.2) is 40.4 Å². The minimum Gasteiger partial charge on any atom is -0.493 e. The molecule has 3 aromatic heterocycles. The summed E-state index contributed by atoms with van der Waals surface area (Å²) in [4.78, 5) is 22.6. The molecule has 4 rings (SSSR count). The molecule has 3 heterocycles. The molecular weight excluding hydrogens is 426 g/mol. The van der Waals surface area contributed by atoms with E-state index in [9.17, 15) is 4.79 Å². The Morgan fingerprint density at radius 3 is 2.59 bits per heavy atom. The average molecular weight is 444 g/mol. The van der Waals surface area contributed by atoms with Gasteiger partial charge in [0.15, 0.2) is 16.6 Å². The van der Waals surface area contributed by atoms with Crippen molar-refractivity contribution in [2.75, 3.05) is 19.5 Å². The molecule has 29 heavy (non-hydrogen) atoms. The highest BCUT2D eigenvalue weighted by Crippen LogP contribution is 2.36. The monoisotopic (exact) mass is 443 g/mol. The van der Waals surface area contributed by atoms with Crippen molar-refractivity contribution in [3.8, 4) is 33.3 Å². The van der Waals surface area contributed by atoms with E-state index >= 15 is 0 Å². The number of ether oxygens (including phenoxy) is 2. The predicted molar refractivity (Wildman–Crippen MR) is 119 cm³/mol. The van der Waals surface area contributed by atoms with Crippen molar-refractivity contribution in [1.29, 1.82) is 0 Å². The van der Waals surface area contributed by atoms with Gasteiger partial charge in [0, 0.05) is 26.8 Å². The third-order valence-corrected chi connectivity index (χ3v) is 6.64. The van der Waals surface area contributed by atoms with Gasteiger partial charge in [-0.15, -0.1) is 22.7 Å². The molecule has 1 N–H and O–H groups in total. The molecular formula is C20H17N3O3S3. The highest BCUT2D eigenvalue weighted by Gasteiger charge is 2.17. The number of methoxy groups -OCH3 is 2. The first-order valence-corrected chi connectivity index (χ1v) is 11.2. The first-order valence-electron chi connectivity index (χ1n) is 8.58. The van der Waals surface area contributed by atoms with Crippen LogP contribution < -0.4 is 14.8 Å². The Labute approximate surface area is 179 Å². The van der Waals surface area contributed by atoms with Crippen molar-refractivity contribution in [3.05, 3.63) is 51.0 Å². The second kappa shape index (κ2) is 8.32. The van der Waals surface area contributed by atoms with Gasteiger partial charge in [-0.05, 0) is 36.6 Å². The molecule has 1 amide bonds. The lowest BCUT2D eigenvalue weighted by atomic mass is 10.1. The van der Waals surface area contributed by atoms with Crippen LogP contribution in [0.25, 0.3) is 21.8 Å². The van der Waals surface area contributed by atoms with Crippen LogP contribution in [0.5, 0.6) is 11.5 Å². The standard InChI is InChI=1S/C20H17N3O3S3/c1-11-17(12-4-5-15(25-2)16(8-12)26-3)22-20(29-11)23-18(24)14-10-28-19(21-14)13-6-7-27-9-13/h4-10H,1-3H3,(H,22,23,24). The third kappa shape index (κ3) is 4.02.